The largest absolute Gasteiger partial charge is 0.416 e. The van der Waals surface area contributed by atoms with E-state index in [-0.39, 0.29) is 23.5 Å². The number of alkyl halides is 3. The summed E-state index contributed by atoms with van der Waals surface area (Å²) < 4.78 is 43.8. The van der Waals surface area contributed by atoms with E-state index in [0.29, 0.717) is 5.82 Å². The summed E-state index contributed by atoms with van der Waals surface area (Å²) in [4.78, 5) is 10.5. The van der Waals surface area contributed by atoms with Gasteiger partial charge in [0.05, 0.1) is 5.56 Å². The van der Waals surface area contributed by atoms with Gasteiger partial charge in [-0.2, -0.15) is 18.2 Å². The van der Waals surface area contributed by atoms with Crippen molar-refractivity contribution in [2.45, 2.75) is 19.7 Å². The van der Waals surface area contributed by atoms with Gasteiger partial charge in [0.2, 0.25) is 5.82 Å². The number of fused-ring (bicyclic) bond motifs is 1. The zero-order valence-electron chi connectivity index (χ0n) is 13.9. The van der Waals surface area contributed by atoms with Gasteiger partial charge in [-0.25, -0.2) is 0 Å². The molecule has 2 heterocycles. The number of aryl methyl sites for hydroxylation is 1. The molecule has 0 spiro atoms. The van der Waals surface area contributed by atoms with Gasteiger partial charge in [0.15, 0.2) is 6.61 Å². The number of halogens is 3. The maximum Gasteiger partial charge on any atom is 0.416 e. The van der Waals surface area contributed by atoms with Crippen LogP contribution in [0, 0.1) is 6.92 Å². The minimum atomic E-state index is -4.47. The molecule has 138 valence electrons. The summed E-state index contributed by atoms with van der Waals surface area (Å²) in [6, 6.07) is 10.6. The van der Waals surface area contributed by atoms with E-state index in [0.717, 1.165) is 28.1 Å². The molecule has 0 aliphatic heterocycles. The normalized spacial score (nSPS) is 11.9. The van der Waals surface area contributed by atoms with Gasteiger partial charge in [-0.1, -0.05) is 34.3 Å². The molecular formula is C17H12F3N5O2. The van der Waals surface area contributed by atoms with Gasteiger partial charge in [-0.3, -0.25) is 0 Å². The first-order chi connectivity index (χ1) is 12.9. The van der Waals surface area contributed by atoms with Crippen LogP contribution in [0.2, 0.25) is 0 Å². The fraction of sp³-hybridized carbons (Fsp3) is 0.176. The third kappa shape index (κ3) is 3.33. The maximum absolute atomic E-state index is 12.9. The third-order valence-electron chi connectivity index (χ3n) is 3.91. The Morgan fingerprint density at radius 1 is 1.15 bits per heavy atom. The molecule has 0 fully saturated rings. The van der Waals surface area contributed by atoms with Crippen molar-refractivity contribution in [3.8, 4) is 11.4 Å². The Balaban J connectivity index is 1.55. The Labute approximate surface area is 150 Å². The Morgan fingerprint density at radius 2 is 1.96 bits per heavy atom. The van der Waals surface area contributed by atoms with Gasteiger partial charge in [-0.05, 0) is 35.9 Å². The molecular weight excluding hydrogens is 363 g/mol. The van der Waals surface area contributed by atoms with E-state index in [1.807, 2.05) is 31.2 Å². The second kappa shape index (κ2) is 6.38. The number of hydrogen-bond acceptors (Lipinski definition) is 6. The number of benzene rings is 2. The first-order valence-corrected chi connectivity index (χ1v) is 7.86. The zero-order chi connectivity index (χ0) is 19.0. The SMILES string of the molecule is Cc1ccccc1-c1noc(COn2nnc3ccc(C(F)(F)F)cc32)n1. The molecule has 0 saturated heterocycles. The van der Waals surface area contributed by atoms with Gasteiger partial charge in [-0.15, -0.1) is 5.10 Å². The summed E-state index contributed by atoms with van der Waals surface area (Å²) in [6.07, 6.45) is -4.47. The average Bonchev–Trinajstić information content (AvgIpc) is 3.26. The molecule has 0 bridgehead atoms. The quantitative estimate of drug-likeness (QED) is 0.544. The second-order valence-corrected chi connectivity index (χ2v) is 5.76. The molecule has 0 amide bonds. The minimum absolute atomic E-state index is 0.0865. The molecule has 27 heavy (non-hydrogen) atoms. The monoisotopic (exact) mass is 375 g/mol. The maximum atomic E-state index is 12.9. The molecule has 0 N–H and O–H groups in total. The van der Waals surface area contributed by atoms with Crippen molar-refractivity contribution in [2.75, 3.05) is 0 Å². The molecule has 0 atom stereocenters. The Bertz CT molecular complexity index is 1100. The topological polar surface area (TPSA) is 78.9 Å². The predicted molar refractivity (Wildman–Crippen MR) is 87.3 cm³/mol. The summed E-state index contributed by atoms with van der Waals surface area (Å²) in [7, 11) is 0. The lowest BCUT2D eigenvalue weighted by Gasteiger charge is -2.07. The zero-order valence-corrected chi connectivity index (χ0v) is 13.9. The molecule has 0 saturated carbocycles. The standard InChI is InChI=1S/C17H12F3N5O2/c1-10-4-2-3-5-12(10)16-21-15(27-23-16)9-26-25-14-8-11(17(18,19)20)6-7-13(14)22-24-25/h2-8H,9H2,1H3. The van der Waals surface area contributed by atoms with Crippen molar-refractivity contribution in [2.24, 2.45) is 0 Å². The van der Waals surface area contributed by atoms with Crippen molar-refractivity contribution < 1.29 is 22.5 Å². The van der Waals surface area contributed by atoms with Crippen LogP contribution >= 0.6 is 0 Å². The van der Waals surface area contributed by atoms with Crippen molar-refractivity contribution in [1.29, 1.82) is 0 Å². The van der Waals surface area contributed by atoms with E-state index < -0.39 is 11.7 Å². The van der Waals surface area contributed by atoms with E-state index in [1.54, 1.807) is 0 Å². The van der Waals surface area contributed by atoms with Crippen LogP contribution in [0.25, 0.3) is 22.4 Å². The molecule has 0 radical (unpaired) electrons. The molecule has 4 rings (SSSR count). The summed E-state index contributed by atoms with van der Waals surface area (Å²) in [6.45, 7) is 1.75. The van der Waals surface area contributed by atoms with Gasteiger partial charge in [0.25, 0.3) is 5.89 Å². The van der Waals surface area contributed by atoms with Crippen LogP contribution in [0.5, 0.6) is 0 Å². The minimum Gasteiger partial charge on any atom is -0.385 e. The highest BCUT2D eigenvalue weighted by molar-refractivity contribution is 5.74. The predicted octanol–water partition coefficient (Wildman–Crippen LogP) is 3.44. The number of nitrogens with zero attached hydrogens (tertiary/aromatic N) is 5. The first-order valence-electron chi connectivity index (χ1n) is 7.86. The van der Waals surface area contributed by atoms with Crippen molar-refractivity contribution >= 4 is 11.0 Å². The molecule has 10 heteroatoms. The van der Waals surface area contributed by atoms with Crippen LogP contribution < -0.4 is 4.84 Å². The highest BCUT2D eigenvalue weighted by Crippen LogP contribution is 2.30. The summed E-state index contributed by atoms with van der Waals surface area (Å²) in [5, 5.41) is 11.4. The first kappa shape index (κ1) is 17.0. The van der Waals surface area contributed by atoms with Crippen molar-refractivity contribution in [3.05, 3.63) is 59.5 Å². The second-order valence-electron chi connectivity index (χ2n) is 5.76. The smallest absolute Gasteiger partial charge is 0.385 e. The number of aromatic nitrogens is 5. The molecule has 0 unspecified atom stereocenters. The Morgan fingerprint density at radius 3 is 2.74 bits per heavy atom. The summed E-state index contributed by atoms with van der Waals surface area (Å²) in [5.74, 6) is 0.554. The third-order valence-corrected chi connectivity index (χ3v) is 3.91. The van der Waals surface area contributed by atoms with E-state index in [9.17, 15) is 13.2 Å². The van der Waals surface area contributed by atoms with Gasteiger partial charge in [0, 0.05) is 5.56 Å². The van der Waals surface area contributed by atoms with E-state index in [1.165, 1.54) is 6.07 Å². The highest BCUT2D eigenvalue weighted by atomic mass is 19.4. The molecule has 4 aromatic rings. The van der Waals surface area contributed by atoms with Crippen molar-refractivity contribution in [3.63, 3.8) is 0 Å². The highest BCUT2D eigenvalue weighted by Gasteiger charge is 2.31. The van der Waals surface area contributed by atoms with Crippen LogP contribution in [0.15, 0.2) is 47.0 Å². The van der Waals surface area contributed by atoms with Gasteiger partial charge >= 0.3 is 6.18 Å². The lowest BCUT2D eigenvalue weighted by molar-refractivity contribution is -0.137. The molecule has 2 aromatic heterocycles. The summed E-state index contributed by atoms with van der Waals surface area (Å²) in [5.41, 5.74) is 1.33. The van der Waals surface area contributed by atoms with E-state index in [2.05, 4.69) is 20.5 Å². The Kier molecular flexibility index (Phi) is 4.02. The molecule has 0 aliphatic carbocycles. The lowest BCUT2D eigenvalue weighted by Crippen LogP contribution is -2.13. The molecule has 2 aromatic carbocycles. The summed E-state index contributed by atoms with van der Waals surface area (Å²) >= 11 is 0. The van der Waals surface area contributed by atoms with Crippen LogP contribution in [0.4, 0.5) is 13.2 Å². The molecule has 0 aliphatic rings. The van der Waals surface area contributed by atoms with Crippen LogP contribution in [-0.2, 0) is 12.8 Å². The fourth-order valence-corrected chi connectivity index (χ4v) is 2.53. The fourth-order valence-electron chi connectivity index (χ4n) is 2.53. The van der Waals surface area contributed by atoms with E-state index >= 15 is 0 Å². The van der Waals surface area contributed by atoms with Gasteiger partial charge < -0.3 is 9.36 Å². The van der Waals surface area contributed by atoms with Crippen LogP contribution in [0.1, 0.15) is 17.0 Å². The van der Waals surface area contributed by atoms with Gasteiger partial charge in [0.1, 0.15) is 11.0 Å². The van der Waals surface area contributed by atoms with E-state index in [4.69, 9.17) is 9.36 Å². The van der Waals surface area contributed by atoms with Crippen molar-refractivity contribution in [1.82, 2.24) is 25.3 Å². The van der Waals surface area contributed by atoms with Crippen LogP contribution in [-0.4, -0.2) is 25.3 Å². The number of rotatable bonds is 4. The Hall–Kier alpha value is -3.43. The lowest BCUT2D eigenvalue weighted by atomic mass is 10.1. The molecule has 7 nitrogen and oxygen atoms in total. The average molecular weight is 375 g/mol. The van der Waals surface area contributed by atoms with Crippen LogP contribution in [0.3, 0.4) is 0 Å². The number of hydrogen-bond donors (Lipinski definition) is 0.